The molecule has 1 aromatic carbocycles. The van der Waals surface area contributed by atoms with Gasteiger partial charge in [-0.1, -0.05) is 17.7 Å². The first-order chi connectivity index (χ1) is 7.70. The molecule has 1 aromatic rings. The Bertz CT molecular complexity index is 412. The molecule has 1 aliphatic rings. The van der Waals surface area contributed by atoms with Crippen molar-refractivity contribution in [1.29, 1.82) is 0 Å². The Balaban J connectivity index is 2.41. The van der Waals surface area contributed by atoms with E-state index in [0.717, 1.165) is 36.1 Å². The highest BCUT2D eigenvalue weighted by Gasteiger charge is 2.15. The Morgan fingerprint density at radius 2 is 2.25 bits per heavy atom. The van der Waals surface area contributed by atoms with Crippen molar-refractivity contribution in [2.75, 3.05) is 7.11 Å². The number of halogens is 1. The van der Waals surface area contributed by atoms with E-state index >= 15 is 0 Å². The van der Waals surface area contributed by atoms with E-state index < -0.39 is 0 Å². The van der Waals surface area contributed by atoms with E-state index in [1.54, 1.807) is 7.11 Å². The van der Waals surface area contributed by atoms with Gasteiger partial charge in [0.15, 0.2) is 0 Å². The van der Waals surface area contributed by atoms with Crippen molar-refractivity contribution in [3.63, 3.8) is 0 Å². The van der Waals surface area contributed by atoms with Crippen molar-refractivity contribution in [3.05, 3.63) is 34.9 Å². The molecule has 0 radical (unpaired) electrons. The third kappa shape index (κ3) is 2.39. The van der Waals surface area contributed by atoms with Gasteiger partial charge in [-0.3, -0.25) is 0 Å². The van der Waals surface area contributed by atoms with Gasteiger partial charge in [0, 0.05) is 10.6 Å². The number of aliphatic hydroxyl groups is 1. The van der Waals surface area contributed by atoms with Crippen LogP contribution in [0.15, 0.2) is 24.3 Å². The van der Waals surface area contributed by atoms with Gasteiger partial charge >= 0.3 is 0 Å². The Kier molecular flexibility index (Phi) is 3.52. The molecular formula is C13H15ClO2. The minimum absolute atomic E-state index is 0.340. The Labute approximate surface area is 101 Å². The molecule has 2 nitrogen and oxygen atoms in total. The number of rotatable bonds is 2. The van der Waals surface area contributed by atoms with Crippen LogP contribution >= 0.6 is 11.6 Å². The summed E-state index contributed by atoms with van der Waals surface area (Å²) >= 11 is 5.98. The third-order valence-corrected chi connectivity index (χ3v) is 3.08. The van der Waals surface area contributed by atoms with Gasteiger partial charge in [-0.2, -0.15) is 0 Å². The van der Waals surface area contributed by atoms with Gasteiger partial charge in [-0.15, -0.1) is 0 Å². The maximum absolute atomic E-state index is 9.62. The smallest absolute Gasteiger partial charge is 0.126 e. The van der Waals surface area contributed by atoms with Gasteiger partial charge in [0.05, 0.1) is 13.2 Å². The highest BCUT2D eigenvalue weighted by molar-refractivity contribution is 6.30. The molecule has 1 atom stereocenters. The van der Waals surface area contributed by atoms with E-state index in [2.05, 4.69) is 0 Å². The minimum atomic E-state index is -0.340. The molecule has 1 unspecified atom stereocenters. The Morgan fingerprint density at radius 1 is 1.44 bits per heavy atom. The van der Waals surface area contributed by atoms with Crippen molar-refractivity contribution < 1.29 is 9.84 Å². The van der Waals surface area contributed by atoms with E-state index in [1.165, 1.54) is 0 Å². The first-order valence-electron chi connectivity index (χ1n) is 5.43. The summed E-state index contributed by atoms with van der Waals surface area (Å²) < 4.78 is 5.31. The summed E-state index contributed by atoms with van der Waals surface area (Å²) in [6.45, 7) is 0. The quantitative estimate of drug-likeness (QED) is 0.857. The number of benzene rings is 1. The summed E-state index contributed by atoms with van der Waals surface area (Å²) in [7, 11) is 1.65. The second kappa shape index (κ2) is 4.89. The van der Waals surface area contributed by atoms with Gasteiger partial charge in [0.25, 0.3) is 0 Å². The second-order valence-corrected chi connectivity index (χ2v) is 4.43. The van der Waals surface area contributed by atoms with Crippen molar-refractivity contribution in [2.24, 2.45) is 0 Å². The van der Waals surface area contributed by atoms with E-state index in [-0.39, 0.29) is 6.10 Å². The van der Waals surface area contributed by atoms with Crippen molar-refractivity contribution in [2.45, 2.75) is 25.4 Å². The van der Waals surface area contributed by atoms with Crippen LogP contribution in [-0.2, 0) is 0 Å². The fourth-order valence-electron chi connectivity index (χ4n) is 2.06. The van der Waals surface area contributed by atoms with Gasteiger partial charge in [-0.25, -0.2) is 0 Å². The maximum Gasteiger partial charge on any atom is 0.126 e. The molecule has 0 saturated heterocycles. The van der Waals surface area contributed by atoms with Crippen molar-refractivity contribution >= 4 is 17.2 Å². The fraction of sp³-hybridized carbons (Fsp3) is 0.385. The number of aliphatic hydroxyl groups excluding tert-OH is 1. The largest absolute Gasteiger partial charge is 0.496 e. The Morgan fingerprint density at radius 3 is 2.94 bits per heavy atom. The van der Waals surface area contributed by atoms with E-state index in [4.69, 9.17) is 16.3 Å². The standard InChI is InChI=1S/C13H15ClO2/c1-16-13-6-5-10(14)8-12(13)9-3-2-4-11(15)7-9/h5-8,11,15H,2-4H2,1H3. The summed E-state index contributed by atoms with van der Waals surface area (Å²) in [6, 6.07) is 5.56. The van der Waals surface area contributed by atoms with Crippen LogP contribution in [-0.4, -0.2) is 18.3 Å². The van der Waals surface area contributed by atoms with Crippen LogP contribution in [0, 0.1) is 0 Å². The normalized spacial score (nSPS) is 20.4. The lowest BCUT2D eigenvalue weighted by Crippen LogP contribution is -2.08. The molecule has 2 rings (SSSR count). The summed E-state index contributed by atoms with van der Waals surface area (Å²) in [6.07, 6.45) is 4.37. The topological polar surface area (TPSA) is 29.5 Å². The highest BCUT2D eigenvalue weighted by atomic mass is 35.5. The van der Waals surface area contributed by atoms with Crippen LogP contribution in [0.25, 0.3) is 5.57 Å². The predicted octanol–water partition coefficient (Wildman–Crippen LogP) is 3.28. The summed E-state index contributed by atoms with van der Waals surface area (Å²) in [5.41, 5.74) is 2.12. The van der Waals surface area contributed by atoms with Crippen molar-refractivity contribution in [1.82, 2.24) is 0 Å². The lowest BCUT2D eigenvalue weighted by atomic mass is 9.92. The van der Waals surface area contributed by atoms with Crippen LogP contribution in [0.3, 0.4) is 0 Å². The summed E-state index contributed by atoms with van der Waals surface area (Å²) in [5, 5.41) is 10.3. The van der Waals surface area contributed by atoms with Crippen LogP contribution in [0.1, 0.15) is 24.8 Å². The molecule has 1 aliphatic carbocycles. The van der Waals surface area contributed by atoms with Crippen molar-refractivity contribution in [3.8, 4) is 5.75 Å². The lowest BCUT2D eigenvalue weighted by Gasteiger charge is -2.19. The average molecular weight is 239 g/mol. The lowest BCUT2D eigenvalue weighted by molar-refractivity contribution is 0.206. The van der Waals surface area contributed by atoms with Crippen LogP contribution in [0.4, 0.5) is 0 Å². The molecule has 0 amide bonds. The fourth-order valence-corrected chi connectivity index (χ4v) is 2.23. The molecular weight excluding hydrogens is 224 g/mol. The van der Waals surface area contributed by atoms with Gasteiger partial charge in [0.1, 0.15) is 5.75 Å². The van der Waals surface area contributed by atoms with Crippen LogP contribution in [0.2, 0.25) is 5.02 Å². The van der Waals surface area contributed by atoms with Gasteiger partial charge in [-0.05, 0) is 43.0 Å². The molecule has 0 aromatic heterocycles. The van der Waals surface area contributed by atoms with Gasteiger partial charge in [0.2, 0.25) is 0 Å². The predicted molar refractivity (Wildman–Crippen MR) is 65.8 cm³/mol. The zero-order valence-electron chi connectivity index (χ0n) is 9.24. The van der Waals surface area contributed by atoms with Crippen LogP contribution in [0.5, 0.6) is 5.75 Å². The van der Waals surface area contributed by atoms with E-state index in [1.807, 2.05) is 24.3 Å². The van der Waals surface area contributed by atoms with Gasteiger partial charge < -0.3 is 9.84 Å². The highest BCUT2D eigenvalue weighted by Crippen LogP contribution is 2.34. The first kappa shape index (κ1) is 11.5. The number of allylic oxidation sites excluding steroid dienone is 1. The molecule has 0 aliphatic heterocycles. The SMILES string of the molecule is COc1ccc(Cl)cc1C1=CC(O)CCC1. The Hall–Kier alpha value is -0.990. The molecule has 3 heteroatoms. The summed E-state index contributed by atoms with van der Waals surface area (Å²) in [4.78, 5) is 0. The molecule has 16 heavy (non-hydrogen) atoms. The van der Waals surface area contributed by atoms with E-state index in [0.29, 0.717) is 5.02 Å². The molecule has 1 N–H and O–H groups in total. The number of hydrogen-bond donors (Lipinski definition) is 1. The monoisotopic (exact) mass is 238 g/mol. The maximum atomic E-state index is 9.62. The number of ether oxygens (including phenoxy) is 1. The molecule has 0 bridgehead atoms. The average Bonchev–Trinajstić information content (AvgIpc) is 2.29. The first-order valence-corrected chi connectivity index (χ1v) is 5.81. The number of methoxy groups -OCH3 is 1. The molecule has 0 fully saturated rings. The molecule has 0 heterocycles. The number of hydrogen-bond acceptors (Lipinski definition) is 2. The zero-order valence-corrected chi connectivity index (χ0v) is 10.00. The molecule has 86 valence electrons. The second-order valence-electron chi connectivity index (χ2n) is 4.00. The molecule has 0 spiro atoms. The zero-order chi connectivity index (χ0) is 11.5. The third-order valence-electron chi connectivity index (χ3n) is 2.85. The van der Waals surface area contributed by atoms with Crippen LogP contribution < -0.4 is 4.74 Å². The molecule has 0 saturated carbocycles. The minimum Gasteiger partial charge on any atom is -0.496 e. The van der Waals surface area contributed by atoms with E-state index in [9.17, 15) is 5.11 Å². The summed E-state index contributed by atoms with van der Waals surface area (Å²) in [5.74, 6) is 0.810.